The Hall–Kier alpha value is -2.15. The number of aromatic nitrogens is 1. The molecule has 0 bridgehead atoms. The predicted octanol–water partition coefficient (Wildman–Crippen LogP) is 2.98. The largest absolute Gasteiger partial charge is 0.347 e. The van der Waals surface area contributed by atoms with Gasteiger partial charge in [-0.25, -0.2) is 13.1 Å². The zero-order valence-corrected chi connectivity index (χ0v) is 15.5. The molecule has 0 fully saturated rings. The summed E-state index contributed by atoms with van der Waals surface area (Å²) in [6.45, 7) is 3.98. The zero-order chi connectivity index (χ0) is 18.2. The quantitative estimate of drug-likeness (QED) is 0.737. The van der Waals surface area contributed by atoms with Gasteiger partial charge in [-0.05, 0) is 31.0 Å². The lowest BCUT2D eigenvalue weighted by molar-refractivity contribution is 0.581. The maximum absolute atomic E-state index is 12.9. The second kappa shape index (κ2) is 6.63. The molecule has 5 nitrogen and oxygen atoms in total. The number of hydrogen-bond acceptors (Lipinski definition) is 3. The van der Waals surface area contributed by atoms with Crippen LogP contribution < -0.4 is 10.5 Å². The van der Waals surface area contributed by atoms with Gasteiger partial charge in [0.15, 0.2) is 0 Å². The number of para-hydroxylation sites is 1. The van der Waals surface area contributed by atoms with Gasteiger partial charge in [-0.3, -0.25) is 0 Å². The third-order valence-corrected chi connectivity index (χ3v) is 6.16. The van der Waals surface area contributed by atoms with Gasteiger partial charge in [-0.2, -0.15) is 0 Å². The lowest BCUT2D eigenvalue weighted by Crippen LogP contribution is -2.24. The highest BCUT2D eigenvalue weighted by atomic mass is 32.2. The van der Waals surface area contributed by atoms with E-state index in [1.165, 1.54) is 0 Å². The zero-order valence-electron chi connectivity index (χ0n) is 14.7. The van der Waals surface area contributed by atoms with E-state index in [-0.39, 0.29) is 12.6 Å². The van der Waals surface area contributed by atoms with Gasteiger partial charge >= 0.3 is 0 Å². The van der Waals surface area contributed by atoms with E-state index in [4.69, 9.17) is 5.73 Å². The third kappa shape index (κ3) is 3.33. The third-order valence-electron chi connectivity index (χ3n) is 4.58. The summed E-state index contributed by atoms with van der Waals surface area (Å²) < 4.78 is 30.4. The minimum absolute atomic E-state index is 0.0379. The lowest BCUT2D eigenvalue weighted by Gasteiger charge is -2.09. The van der Waals surface area contributed by atoms with E-state index < -0.39 is 10.0 Å². The maximum atomic E-state index is 12.9. The van der Waals surface area contributed by atoms with E-state index in [2.05, 4.69) is 4.72 Å². The van der Waals surface area contributed by atoms with Crippen LogP contribution in [-0.4, -0.2) is 13.0 Å². The highest BCUT2D eigenvalue weighted by Crippen LogP contribution is 2.28. The van der Waals surface area contributed by atoms with E-state index >= 15 is 0 Å². The van der Waals surface area contributed by atoms with Gasteiger partial charge in [-0.1, -0.05) is 42.5 Å². The molecule has 3 aromatic rings. The molecule has 2 aromatic carbocycles. The highest BCUT2D eigenvalue weighted by Gasteiger charge is 2.23. The predicted molar refractivity (Wildman–Crippen MR) is 101 cm³/mol. The molecule has 0 spiro atoms. The van der Waals surface area contributed by atoms with Gasteiger partial charge in [-0.15, -0.1) is 0 Å². The van der Waals surface area contributed by atoms with Crippen LogP contribution in [0.3, 0.4) is 0 Å². The topological polar surface area (TPSA) is 77.1 Å². The summed E-state index contributed by atoms with van der Waals surface area (Å²) in [6, 6.07) is 15.1. The molecule has 1 unspecified atom stereocenters. The Morgan fingerprint density at radius 3 is 2.40 bits per heavy atom. The molecule has 0 aliphatic heterocycles. The van der Waals surface area contributed by atoms with E-state index in [1.54, 1.807) is 0 Å². The van der Waals surface area contributed by atoms with E-state index in [1.807, 2.05) is 74.0 Å². The van der Waals surface area contributed by atoms with Gasteiger partial charge in [0.1, 0.15) is 4.90 Å². The van der Waals surface area contributed by atoms with Gasteiger partial charge in [0.05, 0.1) is 0 Å². The molecule has 3 rings (SSSR count). The molecule has 0 radical (unpaired) electrons. The number of rotatable bonds is 5. The molecule has 1 aromatic heterocycles. The van der Waals surface area contributed by atoms with Crippen LogP contribution in [0.5, 0.6) is 0 Å². The number of fused-ring (bicyclic) bond motifs is 1. The van der Waals surface area contributed by atoms with Crippen molar-refractivity contribution in [2.75, 3.05) is 0 Å². The first-order valence-corrected chi connectivity index (χ1v) is 9.67. The average Bonchev–Trinajstić information content (AvgIpc) is 2.85. The van der Waals surface area contributed by atoms with E-state index in [9.17, 15) is 8.42 Å². The van der Waals surface area contributed by atoms with Crippen molar-refractivity contribution >= 4 is 20.9 Å². The van der Waals surface area contributed by atoms with Gasteiger partial charge in [0.2, 0.25) is 10.0 Å². The van der Waals surface area contributed by atoms with Crippen molar-refractivity contribution in [2.24, 2.45) is 12.8 Å². The van der Waals surface area contributed by atoms with Crippen LogP contribution in [0, 0.1) is 6.92 Å². The molecule has 6 heteroatoms. The minimum Gasteiger partial charge on any atom is -0.347 e. The van der Waals surface area contributed by atoms with Crippen LogP contribution in [0.2, 0.25) is 0 Å². The number of hydrogen-bond donors (Lipinski definition) is 2. The highest BCUT2D eigenvalue weighted by molar-refractivity contribution is 7.89. The second-order valence-corrected chi connectivity index (χ2v) is 8.05. The Bertz CT molecular complexity index is 1000. The summed E-state index contributed by atoms with van der Waals surface area (Å²) in [7, 11) is -1.74. The number of sulfonamides is 1. The molecule has 132 valence electrons. The molecular formula is C19H23N3O2S. The smallest absolute Gasteiger partial charge is 0.243 e. The number of benzene rings is 2. The SMILES string of the molecule is Cc1c(S(=O)(=O)NCc2ccc(C(C)N)cc2)c2ccccc2n1C. The standard InChI is InChI=1S/C19H23N3O2S/c1-13(20)16-10-8-15(9-11-16)12-21-25(23,24)19-14(2)22(3)18-7-5-4-6-17(18)19/h4-11,13,21H,12,20H2,1-3H3. The molecule has 3 N–H and O–H groups in total. The molecule has 0 saturated heterocycles. The molecule has 0 saturated carbocycles. The van der Waals surface area contributed by atoms with Crippen molar-refractivity contribution in [3.8, 4) is 0 Å². The van der Waals surface area contributed by atoms with Crippen molar-refractivity contribution in [2.45, 2.75) is 31.3 Å². The minimum atomic E-state index is -3.62. The van der Waals surface area contributed by atoms with E-state index in [0.717, 1.165) is 27.7 Å². The summed E-state index contributed by atoms with van der Waals surface area (Å²) in [4.78, 5) is 0.345. The fourth-order valence-electron chi connectivity index (χ4n) is 3.01. The fourth-order valence-corrected chi connectivity index (χ4v) is 4.50. The van der Waals surface area contributed by atoms with Crippen LogP contribution >= 0.6 is 0 Å². The molecule has 0 aliphatic carbocycles. The molecule has 1 atom stereocenters. The first-order chi connectivity index (χ1) is 11.8. The fraction of sp³-hybridized carbons (Fsp3) is 0.263. The first kappa shape index (κ1) is 17.7. The van der Waals surface area contributed by atoms with Gasteiger partial charge < -0.3 is 10.3 Å². The number of aryl methyl sites for hydroxylation is 1. The van der Waals surface area contributed by atoms with Crippen molar-refractivity contribution in [1.82, 2.24) is 9.29 Å². The van der Waals surface area contributed by atoms with Crippen LogP contribution in [0.15, 0.2) is 53.4 Å². The summed E-state index contributed by atoms with van der Waals surface area (Å²) in [5.41, 5.74) is 9.39. The Balaban J connectivity index is 1.89. The van der Waals surface area contributed by atoms with Crippen molar-refractivity contribution < 1.29 is 8.42 Å². The summed E-state index contributed by atoms with van der Waals surface area (Å²) in [5, 5.41) is 0.738. The summed E-state index contributed by atoms with van der Waals surface area (Å²) in [5.74, 6) is 0. The number of nitrogens with one attached hydrogen (secondary N) is 1. The molecule has 0 aliphatic rings. The Morgan fingerprint density at radius 1 is 1.12 bits per heavy atom. The normalized spacial score (nSPS) is 13.3. The molecule has 1 heterocycles. The Kier molecular flexibility index (Phi) is 4.69. The van der Waals surface area contributed by atoms with Crippen LogP contribution in [0.1, 0.15) is 29.8 Å². The molecular weight excluding hydrogens is 334 g/mol. The van der Waals surface area contributed by atoms with Crippen molar-refractivity contribution in [1.29, 1.82) is 0 Å². The molecule has 0 amide bonds. The van der Waals surface area contributed by atoms with Gasteiger partial charge in [0.25, 0.3) is 0 Å². The van der Waals surface area contributed by atoms with E-state index in [0.29, 0.717) is 4.90 Å². The Labute approximate surface area is 148 Å². The molecule has 25 heavy (non-hydrogen) atoms. The van der Waals surface area contributed by atoms with Crippen LogP contribution in [-0.2, 0) is 23.6 Å². The monoisotopic (exact) mass is 357 g/mol. The average molecular weight is 357 g/mol. The summed E-state index contributed by atoms with van der Waals surface area (Å²) >= 11 is 0. The van der Waals surface area contributed by atoms with Crippen molar-refractivity contribution in [3.05, 3.63) is 65.4 Å². The maximum Gasteiger partial charge on any atom is 0.243 e. The summed E-state index contributed by atoms with van der Waals surface area (Å²) in [6.07, 6.45) is 0. The van der Waals surface area contributed by atoms with Gasteiger partial charge in [0, 0.05) is 36.2 Å². The first-order valence-electron chi connectivity index (χ1n) is 8.19. The number of nitrogens with two attached hydrogens (primary N) is 1. The Morgan fingerprint density at radius 2 is 1.76 bits per heavy atom. The number of nitrogens with zero attached hydrogens (tertiary/aromatic N) is 1. The van der Waals surface area contributed by atoms with Crippen molar-refractivity contribution in [3.63, 3.8) is 0 Å². The lowest BCUT2D eigenvalue weighted by atomic mass is 10.1. The van der Waals surface area contributed by atoms with Crippen LogP contribution in [0.4, 0.5) is 0 Å². The second-order valence-electron chi connectivity index (χ2n) is 6.35. The van der Waals surface area contributed by atoms with Crippen LogP contribution in [0.25, 0.3) is 10.9 Å².